The summed E-state index contributed by atoms with van der Waals surface area (Å²) in [6, 6.07) is 0.621. The van der Waals surface area contributed by atoms with Gasteiger partial charge in [-0.3, -0.25) is 4.79 Å². The minimum Gasteiger partial charge on any atom is -0.348 e. The lowest BCUT2D eigenvalue weighted by Gasteiger charge is -2.05. The average molecular weight is 238 g/mol. The van der Waals surface area contributed by atoms with E-state index in [2.05, 4.69) is 9.69 Å². The Kier molecular flexibility index (Phi) is 3.33. The van der Waals surface area contributed by atoms with Gasteiger partial charge in [0.15, 0.2) is 0 Å². The topological polar surface area (TPSA) is 42.0 Å². The van der Waals surface area contributed by atoms with Crippen LogP contribution < -0.4 is 5.32 Å². The van der Waals surface area contributed by atoms with Gasteiger partial charge in [-0.1, -0.05) is 0 Å². The molecular formula is C8H9F3N2OS. The van der Waals surface area contributed by atoms with E-state index in [1.165, 1.54) is 0 Å². The fourth-order valence-electron chi connectivity index (χ4n) is 0.852. The number of alkyl halides is 3. The fourth-order valence-corrected chi connectivity index (χ4v) is 1.45. The van der Waals surface area contributed by atoms with Gasteiger partial charge in [0.05, 0.1) is 0 Å². The molecule has 1 aromatic heterocycles. The quantitative estimate of drug-likeness (QED) is 0.859. The Balaban J connectivity index is 2.81. The Morgan fingerprint density at radius 2 is 2.13 bits per heavy atom. The Bertz CT molecular complexity index is 359. The fraction of sp³-hybridized carbons (Fsp3) is 0.500. The molecule has 0 saturated heterocycles. The first-order chi connectivity index (χ1) is 6.80. The first-order valence-electron chi connectivity index (χ1n) is 4.15. The van der Waals surface area contributed by atoms with Crippen LogP contribution in [0.2, 0.25) is 0 Å². The number of aromatic nitrogens is 1. The van der Waals surface area contributed by atoms with Gasteiger partial charge in [0.1, 0.15) is 10.6 Å². The Labute approximate surface area is 88.5 Å². The number of amides is 1. The molecule has 3 nitrogen and oxygen atoms in total. The second kappa shape index (κ2) is 4.18. The number of rotatable bonds is 2. The van der Waals surface area contributed by atoms with Gasteiger partial charge in [0.25, 0.3) is 5.91 Å². The van der Waals surface area contributed by atoms with Crippen LogP contribution in [-0.4, -0.2) is 16.3 Å². The number of hydrogen-bond donors (Lipinski definition) is 1. The van der Waals surface area contributed by atoms with Crippen LogP contribution in [0.4, 0.5) is 13.2 Å². The van der Waals surface area contributed by atoms with Crippen molar-refractivity contribution in [3.05, 3.63) is 16.6 Å². The molecule has 0 aliphatic rings. The molecule has 0 spiro atoms. The van der Waals surface area contributed by atoms with Gasteiger partial charge in [0.2, 0.25) is 0 Å². The van der Waals surface area contributed by atoms with E-state index in [0.717, 1.165) is 6.07 Å². The molecule has 0 atom stereocenters. The molecule has 0 aromatic carbocycles. The highest BCUT2D eigenvalue weighted by molar-refractivity contribution is 7.06. The maximum Gasteiger partial charge on any atom is 0.427 e. The molecule has 1 rings (SSSR count). The van der Waals surface area contributed by atoms with Crippen molar-refractivity contribution in [2.24, 2.45) is 0 Å². The summed E-state index contributed by atoms with van der Waals surface area (Å²) < 4.78 is 39.9. The predicted octanol–water partition coefficient (Wildman–Crippen LogP) is 2.30. The van der Waals surface area contributed by atoms with Crippen molar-refractivity contribution in [1.29, 1.82) is 0 Å². The van der Waals surface area contributed by atoms with E-state index in [0.29, 0.717) is 0 Å². The third-order valence-corrected chi connectivity index (χ3v) is 2.28. The molecule has 1 N–H and O–H groups in total. The molecular weight excluding hydrogens is 229 g/mol. The normalized spacial score (nSPS) is 11.9. The van der Waals surface area contributed by atoms with Crippen LogP contribution in [-0.2, 0) is 6.18 Å². The number of nitrogens with one attached hydrogen (secondary N) is 1. The van der Waals surface area contributed by atoms with E-state index in [4.69, 9.17) is 0 Å². The van der Waals surface area contributed by atoms with E-state index in [-0.39, 0.29) is 23.3 Å². The summed E-state index contributed by atoms with van der Waals surface area (Å²) in [6.45, 7) is 3.43. The van der Waals surface area contributed by atoms with Crippen molar-refractivity contribution in [3.63, 3.8) is 0 Å². The van der Waals surface area contributed by atoms with Crippen molar-refractivity contribution in [2.75, 3.05) is 0 Å². The molecule has 7 heteroatoms. The standard InChI is InChI=1S/C8H9F3N2OS/c1-4(2)12-7(14)5-3-6(15-13-5)8(9,10)11/h3-4H,1-2H3,(H,12,14). The zero-order valence-corrected chi connectivity index (χ0v) is 8.87. The molecule has 0 radical (unpaired) electrons. The second-order valence-corrected chi connectivity index (χ2v) is 4.01. The van der Waals surface area contributed by atoms with Crippen LogP contribution in [0.3, 0.4) is 0 Å². The predicted molar refractivity (Wildman–Crippen MR) is 49.7 cm³/mol. The largest absolute Gasteiger partial charge is 0.427 e. The number of carbonyl (C=O) groups is 1. The second-order valence-electron chi connectivity index (χ2n) is 3.20. The van der Waals surface area contributed by atoms with E-state index in [1.54, 1.807) is 13.8 Å². The molecule has 0 fully saturated rings. The summed E-state index contributed by atoms with van der Waals surface area (Å²) >= 11 is 0.276. The number of halogens is 3. The first kappa shape index (κ1) is 12.0. The lowest BCUT2D eigenvalue weighted by Crippen LogP contribution is -2.30. The molecule has 0 unspecified atom stereocenters. The molecule has 0 aliphatic heterocycles. The minimum atomic E-state index is -4.44. The summed E-state index contributed by atoms with van der Waals surface area (Å²) in [5, 5.41) is 2.46. The molecule has 0 saturated carbocycles. The highest BCUT2D eigenvalue weighted by Crippen LogP contribution is 2.32. The molecule has 15 heavy (non-hydrogen) atoms. The van der Waals surface area contributed by atoms with Crippen LogP contribution in [0.1, 0.15) is 29.2 Å². The molecule has 0 bridgehead atoms. The van der Waals surface area contributed by atoms with Crippen molar-refractivity contribution in [3.8, 4) is 0 Å². The molecule has 84 valence electrons. The van der Waals surface area contributed by atoms with Crippen LogP contribution in [0.15, 0.2) is 6.07 Å². The van der Waals surface area contributed by atoms with Gasteiger partial charge >= 0.3 is 6.18 Å². The molecule has 1 amide bonds. The van der Waals surface area contributed by atoms with Gasteiger partial charge in [-0.05, 0) is 31.4 Å². The highest BCUT2D eigenvalue weighted by atomic mass is 32.1. The number of nitrogens with zero attached hydrogens (tertiary/aromatic N) is 1. The van der Waals surface area contributed by atoms with Gasteiger partial charge in [-0.25, -0.2) is 0 Å². The monoisotopic (exact) mass is 238 g/mol. The van der Waals surface area contributed by atoms with Crippen LogP contribution in [0.5, 0.6) is 0 Å². The smallest absolute Gasteiger partial charge is 0.348 e. The summed E-state index contributed by atoms with van der Waals surface area (Å²) in [6.07, 6.45) is -4.44. The third kappa shape index (κ3) is 3.19. The lowest BCUT2D eigenvalue weighted by molar-refractivity contribution is -0.134. The molecule has 0 aliphatic carbocycles. The Morgan fingerprint density at radius 1 is 1.53 bits per heavy atom. The zero-order chi connectivity index (χ0) is 11.6. The lowest BCUT2D eigenvalue weighted by atomic mass is 10.3. The zero-order valence-electron chi connectivity index (χ0n) is 8.05. The first-order valence-corrected chi connectivity index (χ1v) is 4.93. The maximum atomic E-state index is 12.2. The summed E-state index contributed by atoms with van der Waals surface area (Å²) in [5.41, 5.74) is -0.193. The van der Waals surface area contributed by atoms with Crippen LogP contribution in [0, 0.1) is 0 Å². The van der Waals surface area contributed by atoms with Crippen molar-refractivity contribution >= 4 is 17.4 Å². The summed E-state index contributed by atoms with van der Waals surface area (Å²) in [4.78, 5) is 10.4. The Hall–Kier alpha value is -1.11. The van der Waals surface area contributed by atoms with E-state index < -0.39 is 17.0 Å². The van der Waals surface area contributed by atoms with E-state index >= 15 is 0 Å². The highest BCUT2D eigenvalue weighted by Gasteiger charge is 2.34. The maximum absolute atomic E-state index is 12.2. The van der Waals surface area contributed by atoms with Gasteiger partial charge in [-0.15, -0.1) is 0 Å². The molecule has 1 heterocycles. The summed E-state index contributed by atoms with van der Waals surface area (Å²) in [5.74, 6) is -0.586. The third-order valence-electron chi connectivity index (χ3n) is 1.44. The minimum absolute atomic E-state index is 0.131. The number of hydrogen-bond acceptors (Lipinski definition) is 3. The van der Waals surface area contributed by atoms with E-state index in [9.17, 15) is 18.0 Å². The molecule has 1 aromatic rings. The SMILES string of the molecule is CC(C)NC(=O)c1cc(C(F)(F)F)sn1. The average Bonchev–Trinajstić information content (AvgIpc) is 2.48. The van der Waals surface area contributed by atoms with Crippen molar-refractivity contribution in [2.45, 2.75) is 26.1 Å². The van der Waals surface area contributed by atoms with Gasteiger partial charge in [0, 0.05) is 6.04 Å². The van der Waals surface area contributed by atoms with Crippen LogP contribution in [0.25, 0.3) is 0 Å². The summed E-state index contributed by atoms with van der Waals surface area (Å²) in [7, 11) is 0. The van der Waals surface area contributed by atoms with Gasteiger partial charge in [-0.2, -0.15) is 17.5 Å². The Morgan fingerprint density at radius 3 is 2.53 bits per heavy atom. The van der Waals surface area contributed by atoms with Crippen molar-refractivity contribution < 1.29 is 18.0 Å². The van der Waals surface area contributed by atoms with Crippen LogP contribution >= 0.6 is 11.5 Å². The number of carbonyl (C=O) groups excluding carboxylic acids is 1. The van der Waals surface area contributed by atoms with Gasteiger partial charge < -0.3 is 5.32 Å². The van der Waals surface area contributed by atoms with E-state index in [1.807, 2.05) is 0 Å². The van der Waals surface area contributed by atoms with Crippen molar-refractivity contribution in [1.82, 2.24) is 9.69 Å².